The lowest BCUT2D eigenvalue weighted by Crippen LogP contribution is -2.51. The number of piperidine rings is 1. The predicted octanol–water partition coefficient (Wildman–Crippen LogP) is -0.182. The number of hydrogen-bond donors (Lipinski definition) is 3. The summed E-state index contributed by atoms with van der Waals surface area (Å²) in [4.78, 5) is 6.75. The van der Waals surface area contributed by atoms with Crippen LogP contribution >= 0.6 is 0 Å². The first-order valence-corrected chi connectivity index (χ1v) is 7.96. The molecule has 0 aromatic carbocycles. The Morgan fingerprint density at radius 2 is 2.37 bits per heavy atom. The van der Waals surface area contributed by atoms with Gasteiger partial charge in [-0.15, -0.1) is 0 Å². The highest BCUT2D eigenvalue weighted by Gasteiger charge is 2.31. The van der Waals surface area contributed by atoms with Crippen LogP contribution in [0, 0.1) is 0 Å². The summed E-state index contributed by atoms with van der Waals surface area (Å²) in [6.07, 6.45) is 6.06. The minimum Gasteiger partial charge on any atom is -0.347 e. The molecular formula is C11H21N5O2S. The molecule has 1 saturated heterocycles. The molecule has 0 bridgehead atoms. The van der Waals surface area contributed by atoms with Gasteiger partial charge in [0, 0.05) is 31.0 Å². The second kappa shape index (κ2) is 6.47. The number of H-pyrrole nitrogens is 1. The molecule has 8 heteroatoms. The van der Waals surface area contributed by atoms with Gasteiger partial charge in [-0.25, -0.2) is 4.98 Å². The molecule has 1 aromatic heterocycles. The fourth-order valence-corrected chi connectivity index (χ4v) is 3.81. The first-order chi connectivity index (χ1) is 9.13. The van der Waals surface area contributed by atoms with Gasteiger partial charge < -0.3 is 10.3 Å². The van der Waals surface area contributed by atoms with Crippen molar-refractivity contribution in [3.63, 3.8) is 0 Å². The Kier molecular flexibility index (Phi) is 4.92. The Hall–Kier alpha value is -0.960. The van der Waals surface area contributed by atoms with Gasteiger partial charge in [-0.3, -0.25) is 0 Å². The fourth-order valence-electron chi connectivity index (χ4n) is 2.36. The summed E-state index contributed by atoms with van der Waals surface area (Å²) in [5.41, 5.74) is 0.755. The predicted molar refractivity (Wildman–Crippen MR) is 72.6 cm³/mol. The lowest BCUT2D eigenvalue weighted by atomic mass is 10.1. The van der Waals surface area contributed by atoms with Crippen LogP contribution in [0.5, 0.6) is 0 Å². The summed E-state index contributed by atoms with van der Waals surface area (Å²) < 4.78 is 28.8. The van der Waals surface area contributed by atoms with E-state index in [1.54, 1.807) is 10.5 Å². The maximum absolute atomic E-state index is 12.3. The van der Waals surface area contributed by atoms with Crippen molar-refractivity contribution in [2.75, 3.05) is 20.1 Å². The van der Waals surface area contributed by atoms with Crippen LogP contribution in [0.2, 0.25) is 0 Å². The van der Waals surface area contributed by atoms with Crippen LogP contribution in [-0.2, 0) is 16.8 Å². The second-order valence-electron chi connectivity index (χ2n) is 4.72. The Labute approximate surface area is 114 Å². The zero-order valence-corrected chi connectivity index (χ0v) is 11.9. The summed E-state index contributed by atoms with van der Waals surface area (Å²) in [7, 11) is -1.59. The molecule has 1 fully saturated rings. The van der Waals surface area contributed by atoms with Crippen molar-refractivity contribution in [3.8, 4) is 0 Å². The van der Waals surface area contributed by atoms with E-state index in [0.717, 1.165) is 25.0 Å². The molecule has 0 spiro atoms. The monoisotopic (exact) mass is 287 g/mol. The standard InChI is InChI=1S/C11H21N5O2S/c1-12-8-11-4-2-3-5-16(11)19(17,18)15-7-10-6-13-9-14-10/h6,9,11-12,15H,2-5,7-8H2,1H3,(H,13,14). The smallest absolute Gasteiger partial charge is 0.280 e. The van der Waals surface area contributed by atoms with Crippen LogP contribution < -0.4 is 10.0 Å². The largest absolute Gasteiger partial charge is 0.347 e. The van der Waals surface area contributed by atoms with Gasteiger partial charge in [0.1, 0.15) is 0 Å². The zero-order valence-electron chi connectivity index (χ0n) is 11.1. The summed E-state index contributed by atoms with van der Waals surface area (Å²) >= 11 is 0. The Bertz CT molecular complexity index is 471. The Balaban J connectivity index is 2.00. The van der Waals surface area contributed by atoms with Crippen molar-refractivity contribution in [3.05, 3.63) is 18.2 Å². The van der Waals surface area contributed by atoms with E-state index in [0.29, 0.717) is 13.1 Å². The molecule has 0 radical (unpaired) electrons. The zero-order chi connectivity index (χ0) is 13.7. The van der Waals surface area contributed by atoms with Gasteiger partial charge in [-0.2, -0.15) is 17.4 Å². The molecule has 1 unspecified atom stereocenters. The third-order valence-electron chi connectivity index (χ3n) is 3.32. The van der Waals surface area contributed by atoms with Crippen molar-refractivity contribution in [2.45, 2.75) is 31.8 Å². The quantitative estimate of drug-likeness (QED) is 0.677. The number of nitrogens with zero attached hydrogens (tertiary/aromatic N) is 2. The van der Waals surface area contributed by atoms with E-state index >= 15 is 0 Å². The summed E-state index contributed by atoms with van der Waals surface area (Å²) in [6.45, 7) is 1.51. The maximum Gasteiger partial charge on any atom is 0.280 e. The van der Waals surface area contributed by atoms with E-state index in [4.69, 9.17) is 0 Å². The van der Waals surface area contributed by atoms with E-state index in [1.165, 1.54) is 6.33 Å². The minimum atomic E-state index is -3.44. The fraction of sp³-hybridized carbons (Fsp3) is 0.727. The van der Waals surface area contributed by atoms with Crippen LogP contribution in [-0.4, -0.2) is 48.9 Å². The van der Waals surface area contributed by atoms with Gasteiger partial charge in [0.05, 0.1) is 12.9 Å². The molecule has 0 amide bonds. The topological polar surface area (TPSA) is 90.1 Å². The van der Waals surface area contributed by atoms with Crippen molar-refractivity contribution in [1.82, 2.24) is 24.3 Å². The molecule has 0 aliphatic carbocycles. The maximum atomic E-state index is 12.3. The van der Waals surface area contributed by atoms with Gasteiger partial charge in [0.25, 0.3) is 10.2 Å². The van der Waals surface area contributed by atoms with E-state index in [2.05, 4.69) is 20.0 Å². The number of rotatable bonds is 6. The van der Waals surface area contributed by atoms with Gasteiger partial charge in [0.2, 0.25) is 0 Å². The molecule has 7 nitrogen and oxygen atoms in total. The van der Waals surface area contributed by atoms with E-state index in [1.807, 2.05) is 7.05 Å². The molecule has 2 rings (SSSR count). The van der Waals surface area contributed by atoms with Crippen molar-refractivity contribution in [2.24, 2.45) is 0 Å². The highest BCUT2D eigenvalue weighted by Crippen LogP contribution is 2.19. The van der Waals surface area contributed by atoms with Crippen molar-refractivity contribution >= 4 is 10.2 Å². The highest BCUT2D eigenvalue weighted by atomic mass is 32.2. The first-order valence-electron chi connectivity index (χ1n) is 6.52. The third kappa shape index (κ3) is 3.75. The number of aromatic amines is 1. The van der Waals surface area contributed by atoms with E-state index in [-0.39, 0.29) is 12.6 Å². The SMILES string of the molecule is CNCC1CCCCN1S(=O)(=O)NCc1cnc[nH]1. The second-order valence-corrected chi connectivity index (χ2v) is 6.43. The molecule has 1 atom stereocenters. The highest BCUT2D eigenvalue weighted by molar-refractivity contribution is 7.87. The van der Waals surface area contributed by atoms with Crippen LogP contribution in [0.1, 0.15) is 25.0 Å². The molecule has 3 N–H and O–H groups in total. The molecule has 1 aliphatic rings. The van der Waals surface area contributed by atoms with Crippen LogP contribution in [0.4, 0.5) is 0 Å². The number of imidazole rings is 1. The van der Waals surface area contributed by atoms with Gasteiger partial charge in [-0.05, 0) is 19.9 Å². The molecule has 1 aliphatic heterocycles. The average Bonchev–Trinajstić information content (AvgIpc) is 2.91. The lowest BCUT2D eigenvalue weighted by Gasteiger charge is -2.34. The van der Waals surface area contributed by atoms with E-state index in [9.17, 15) is 8.42 Å². The third-order valence-corrected chi connectivity index (χ3v) is 4.93. The van der Waals surface area contributed by atoms with Crippen LogP contribution in [0.3, 0.4) is 0 Å². The summed E-state index contributed by atoms with van der Waals surface area (Å²) in [5.74, 6) is 0. The normalized spacial score (nSPS) is 21.6. The Morgan fingerprint density at radius 1 is 1.53 bits per heavy atom. The molecular weight excluding hydrogens is 266 g/mol. The van der Waals surface area contributed by atoms with Crippen LogP contribution in [0.25, 0.3) is 0 Å². The number of nitrogens with one attached hydrogen (secondary N) is 3. The van der Waals surface area contributed by atoms with Crippen LogP contribution in [0.15, 0.2) is 12.5 Å². The number of hydrogen-bond acceptors (Lipinski definition) is 4. The molecule has 108 valence electrons. The van der Waals surface area contributed by atoms with Crippen molar-refractivity contribution in [1.29, 1.82) is 0 Å². The Morgan fingerprint density at radius 3 is 3.05 bits per heavy atom. The molecule has 1 aromatic rings. The summed E-state index contributed by atoms with van der Waals surface area (Å²) in [5, 5.41) is 3.06. The average molecular weight is 287 g/mol. The lowest BCUT2D eigenvalue weighted by molar-refractivity contribution is 0.246. The molecule has 2 heterocycles. The van der Waals surface area contributed by atoms with Crippen molar-refractivity contribution < 1.29 is 8.42 Å². The minimum absolute atomic E-state index is 0.0398. The van der Waals surface area contributed by atoms with E-state index < -0.39 is 10.2 Å². The van der Waals surface area contributed by atoms with Gasteiger partial charge >= 0.3 is 0 Å². The number of aromatic nitrogens is 2. The molecule has 19 heavy (non-hydrogen) atoms. The summed E-state index contributed by atoms with van der Waals surface area (Å²) in [6, 6.07) is 0.0398. The molecule has 0 saturated carbocycles. The van der Waals surface area contributed by atoms with Gasteiger partial charge in [0.15, 0.2) is 0 Å². The first kappa shape index (κ1) is 14.4. The van der Waals surface area contributed by atoms with Gasteiger partial charge in [-0.1, -0.05) is 6.42 Å². The number of likely N-dealkylation sites (N-methyl/N-ethyl adjacent to an activating group) is 1.